The second-order valence-corrected chi connectivity index (χ2v) is 8.22. The number of halogens is 1. The van der Waals surface area contributed by atoms with Crippen LogP contribution < -0.4 is 4.90 Å². The summed E-state index contributed by atoms with van der Waals surface area (Å²) < 4.78 is 4.79. The zero-order valence-electron chi connectivity index (χ0n) is 18.4. The highest BCUT2D eigenvalue weighted by Gasteiger charge is 2.13. The van der Waals surface area contributed by atoms with Gasteiger partial charge in [0.25, 0.3) is 6.47 Å². The number of hydrogen-bond donors (Lipinski definition) is 0. The Morgan fingerprint density at radius 1 is 0.879 bits per heavy atom. The lowest BCUT2D eigenvalue weighted by Gasteiger charge is -2.26. The molecule has 4 rings (SSSR count). The first kappa shape index (κ1) is 22.6. The minimum Gasteiger partial charge on any atom is -0.468 e. The van der Waals surface area contributed by atoms with Crippen LogP contribution in [0.3, 0.4) is 0 Å². The quantitative estimate of drug-likeness (QED) is 0.151. The molecule has 3 aromatic carbocycles. The molecule has 0 aliphatic rings. The minimum atomic E-state index is 0.441. The van der Waals surface area contributed by atoms with E-state index in [0.29, 0.717) is 18.2 Å². The highest BCUT2D eigenvalue weighted by Crippen LogP contribution is 2.36. The third-order valence-corrected chi connectivity index (χ3v) is 5.66. The fourth-order valence-electron chi connectivity index (χ4n) is 3.78. The summed E-state index contributed by atoms with van der Waals surface area (Å²) >= 11 is 5.93. The van der Waals surface area contributed by atoms with Gasteiger partial charge in [0.05, 0.1) is 6.61 Å². The smallest absolute Gasteiger partial charge is 0.293 e. The Labute approximate surface area is 199 Å². The summed E-state index contributed by atoms with van der Waals surface area (Å²) in [5.74, 6) is 0. The summed E-state index contributed by atoms with van der Waals surface area (Å²) in [5, 5.41) is 0.487. The number of ether oxygens (including phenoxy) is 1. The summed E-state index contributed by atoms with van der Waals surface area (Å²) in [6.45, 7) is 3.04. The number of benzene rings is 3. The van der Waals surface area contributed by atoms with Gasteiger partial charge < -0.3 is 9.64 Å². The molecule has 0 fully saturated rings. The Kier molecular flexibility index (Phi) is 7.38. The Morgan fingerprint density at radius 3 is 2.21 bits per heavy atom. The van der Waals surface area contributed by atoms with Crippen LogP contribution in [0.4, 0.5) is 17.1 Å². The van der Waals surface area contributed by atoms with E-state index in [1.54, 1.807) is 12.3 Å². The summed E-state index contributed by atoms with van der Waals surface area (Å²) in [6, 6.07) is 29.2. The average Bonchev–Trinajstić information content (AvgIpc) is 2.84. The number of carbonyl (C=O) groups excluding carboxylic acids is 1. The number of aryl methyl sites for hydroxylation is 2. The van der Waals surface area contributed by atoms with Crippen LogP contribution in [-0.4, -0.2) is 18.1 Å². The van der Waals surface area contributed by atoms with Crippen molar-refractivity contribution in [2.24, 2.45) is 0 Å². The van der Waals surface area contributed by atoms with E-state index in [0.717, 1.165) is 41.0 Å². The Hall–Kier alpha value is -3.63. The predicted molar refractivity (Wildman–Crippen MR) is 134 cm³/mol. The van der Waals surface area contributed by atoms with Crippen molar-refractivity contribution in [3.63, 3.8) is 0 Å². The lowest BCUT2D eigenvalue weighted by Crippen LogP contribution is -2.10. The van der Waals surface area contributed by atoms with E-state index in [1.807, 2.05) is 6.07 Å². The van der Waals surface area contributed by atoms with Crippen molar-refractivity contribution in [2.75, 3.05) is 11.5 Å². The van der Waals surface area contributed by atoms with Crippen LogP contribution in [0.1, 0.15) is 17.5 Å². The fraction of sp³-hybridized carbons (Fsp3) is 0.143. The van der Waals surface area contributed by atoms with E-state index in [-0.39, 0.29) is 0 Å². The monoisotopic (exact) mass is 456 g/mol. The molecular weight excluding hydrogens is 432 g/mol. The minimum absolute atomic E-state index is 0.441. The second-order valence-electron chi connectivity index (χ2n) is 7.83. The SMILES string of the molecule is Cc1cccc(N(c2ccc(CCCOC=O)cc2)c2ccc(-c3ccc(Cl)nc3)cc2)c1. The van der Waals surface area contributed by atoms with Gasteiger partial charge in [0.15, 0.2) is 0 Å². The van der Waals surface area contributed by atoms with Gasteiger partial charge in [0, 0.05) is 28.8 Å². The highest BCUT2D eigenvalue weighted by atomic mass is 35.5. The van der Waals surface area contributed by atoms with E-state index < -0.39 is 0 Å². The molecule has 0 saturated heterocycles. The molecule has 33 heavy (non-hydrogen) atoms. The van der Waals surface area contributed by atoms with Gasteiger partial charge in [-0.2, -0.15) is 0 Å². The van der Waals surface area contributed by atoms with Gasteiger partial charge in [-0.05, 0) is 85.0 Å². The standard InChI is InChI=1S/C28H25ClN2O2/c1-21-4-2-6-27(18-21)31(25-12-7-22(8-13-25)5-3-17-33-20-32)26-14-9-23(10-15-26)24-11-16-28(29)30-19-24/h2,4,6-16,18-20H,3,5,17H2,1H3. The van der Waals surface area contributed by atoms with Gasteiger partial charge >= 0.3 is 0 Å². The second kappa shape index (κ2) is 10.8. The molecule has 1 heterocycles. The molecule has 0 aliphatic heterocycles. The molecule has 0 atom stereocenters. The van der Waals surface area contributed by atoms with E-state index in [2.05, 4.69) is 89.6 Å². The number of carbonyl (C=O) groups is 1. The van der Waals surface area contributed by atoms with Crippen LogP contribution in [0.25, 0.3) is 11.1 Å². The fourth-order valence-corrected chi connectivity index (χ4v) is 3.90. The van der Waals surface area contributed by atoms with Crippen LogP contribution in [0.5, 0.6) is 0 Å². The lowest BCUT2D eigenvalue weighted by molar-refractivity contribution is -0.128. The van der Waals surface area contributed by atoms with E-state index >= 15 is 0 Å². The number of pyridine rings is 1. The van der Waals surface area contributed by atoms with Crippen molar-refractivity contribution in [2.45, 2.75) is 19.8 Å². The molecule has 0 unspecified atom stereocenters. The van der Waals surface area contributed by atoms with Crippen LogP contribution in [0, 0.1) is 6.92 Å². The van der Waals surface area contributed by atoms with Crippen molar-refractivity contribution in [3.8, 4) is 11.1 Å². The predicted octanol–water partition coefficient (Wildman–Crippen LogP) is 7.29. The van der Waals surface area contributed by atoms with E-state index in [4.69, 9.17) is 16.3 Å². The zero-order valence-corrected chi connectivity index (χ0v) is 19.2. The summed E-state index contributed by atoms with van der Waals surface area (Å²) in [7, 11) is 0. The zero-order chi connectivity index (χ0) is 23.0. The number of nitrogens with zero attached hydrogens (tertiary/aromatic N) is 2. The van der Waals surface area contributed by atoms with Gasteiger partial charge in [-0.1, -0.05) is 48.0 Å². The van der Waals surface area contributed by atoms with Crippen molar-refractivity contribution in [1.82, 2.24) is 4.98 Å². The van der Waals surface area contributed by atoms with Crippen LogP contribution in [0.2, 0.25) is 5.15 Å². The summed E-state index contributed by atoms with van der Waals surface area (Å²) in [6.07, 6.45) is 3.46. The molecule has 0 N–H and O–H groups in total. The molecule has 0 saturated carbocycles. The Bertz CT molecular complexity index is 1190. The van der Waals surface area contributed by atoms with Crippen LogP contribution >= 0.6 is 11.6 Å². The highest BCUT2D eigenvalue weighted by molar-refractivity contribution is 6.29. The van der Waals surface area contributed by atoms with Gasteiger partial charge in [-0.3, -0.25) is 4.79 Å². The van der Waals surface area contributed by atoms with Crippen molar-refractivity contribution < 1.29 is 9.53 Å². The maximum atomic E-state index is 10.3. The molecule has 0 amide bonds. The van der Waals surface area contributed by atoms with Crippen LogP contribution in [-0.2, 0) is 16.0 Å². The molecule has 0 spiro atoms. The van der Waals surface area contributed by atoms with Gasteiger partial charge in [-0.25, -0.2) is 4.98 Å². The van der Waals surface area contributed by atoms with Crippen molar-refractivity contribution in [3.05, 3.63) is 107 Å². The lowest BCUT2D eigenvalue weighted by atomic mass is 10.1. The van der Waals surface area contributed by atoms with Crippen molar-refractivity contribution in [1.29, 1.82) is 0 Å². The molecule has 5 heteroatoms. The first-order chi connectivity index (χ1) is 16.1. The number of hydrogen-bond acceptors (Lipinski definition) is 4. The number of aromatic nitrogens is 1. The maximum Gasteiger partial charge on any atom is 0.293 e. The molecule has 166 valence electrons. The third-order valence-electron chi connectivity index (χ3n) is 5.44. The first-order valence-electron chi connectivity index (χ1n) is 10.9. The van der Waals surface area contributed by atoms with Gasteiger partial charge in [-0.15, -0.1) is 0 Å². The molecule has 4 aromatic rings. The average molecular weight is 457 g/mol. The third kappa shape index (κ3) is 5.79. The van der Waals surface area contributed by atoms with Crippen LogP contribution in [0.15, 0.2) is 91.1 Å². The molecule has 4 nitrogen and oxygen atoms in total. The molecule has 1 aromatic heterocycles. The largest absolute Gasteiger partial charge is 0.468 e. The van der Waals surface area contributed by atoms with E-state index in [9.17, 15) is 4.79 Å². The van der Waals surface area contributed by atoms with Gasteiger partial charge in [0.1, 0.15) is 5.15 Å². The number of anilines is 3. The molecule has 0 bridgehead atoms. The first-order valence-corrected chi connectivity index (χ1v) is 11.2. The summed E-state index contributed by atoms with van der Waals surface area (Å²) in [5.41, 5.74) is 7.77. The Balaban J connectivity index is 1.63. The van der Waals surface area contributed by atoms with Crippen molar-refractivity contribution >= 4 is 35.1 Å². The summed E-state index contributed by atoms with van der Waals surface area (Å²) in [4.78, 5) is 16.7. The molecule has 0 aliphatic carbocycles. The number of rotatable bonds is 9. The molecule has 0 radical (unpaired) electrons. The Morgan fingerprint density at radius 2 is 1.58 bits per heavy atom. The maximum absolute atomic E-state index is 10.3. The normalized spacial score (nSPS) is 10.6. The van der Waals surface area contributed by atoms with E-state index in [1.165, 1.54) is 11.1 Å². The van der Waals surface area contributed by atoms with Gasteiger partial charge in [0.2, 0.25) is 0 Å². The molecular formula is C28H25ClN2O2. The topological polar surface area (TPSA) is 42.4 Å².